The largest absolute Gasteiger partial charge is 0.498 e. The Labute approximate surface area is 199 Å². The van der Waals surface area contributed by atoms with E-state index in [4.69, 9.17) is 18.9 Å². The van der Waals surface area contributed by atoms with Crippen LogP contribution < -0.4 is 4.74 Å². The topological polar surface area (TPSA) is 54.0 Å². The van der Waals surface area contributed by atoms with Crippen molar-refractivity contribution in [2.45, 2.75) is 65.7 Å². The van der Waals surface area contributed by atoms with Crippen LogP contribution in [0.15, 0.2) is 59.8 Å². The predicted molar refractivity (Wildman–Crippen MR) is 132 cm³/mol. The van der Waals surface area contributed by atoms with Crippen molar-refractivity contribution in [1.29, 1.82) is 0 Å². The first kappa shape index (κ1) is 26.6. The zero-order chi connectivity index (χ0) is 23.9. The van der Waals surface area contributed by atoms with Crippen molar-refractivity contribution in [3.05, 3.63) is 65.3 Å². The van der Waals surface area contributed by atoms with Crippen LogP contribution in [0, 0.1) is 5.92 Å². The summed E-state index contributed by atoms with van der Waals surface area (Å²) in [6.07, 6.45) is 12.2. The lowest BCUT2D eigenvalue weighted by Gasteiger charge is -2.25. The molecule has 0 aromatic heterocycles. The van der Waals surface area contributed by atoms with Crippen LogP contribution >= 0.6 is 0 Å². The lowest BCUT2D eigenvalue weighted by molar-refractivity contribution is 0.104. The molecule has 0 spiro atoms. The fourth-order valence-corrected chi connectivity index (χ4v) is 3.39. The minimum absolute atomic E-state index is 0.0739. The van der Waals surface area contributed by atoms with E-state index in [0.29, 0.717) is 31.8 Å². The van der Waals surface area contributed by atoms with Crippen LogP contribution in [0.1, 0.15) is 76.1 Å². The summed E-state index contributed by atoms with van der Waals surface area (Å²) >= 11 is 0. The highest BCUT2D eigenvalue weighted by Gasteiger charge is 2.25. The summed E-state index contributed by atoms with van der Waals surface area (Å²) in [6, 6.07) is 7.34. The number of hydrogen-bond donors (Lipinski definition) is 0. The minimum atomic E-state index is -0.213. The number of allylic oxidation sites excluding steroid dienone is 2. The molecule has 1 aliphatic rings. The maximum atomic E-state index is 12.9. The minimum Gasteiger partial charge on any atom is -0.498 e. The molecule has 5 heteroatoms. The molecule has 2 rings (SSSR count). The molecular formula is C28H40O5. The van der Waals surface area contributed by atoms with Gasteiger partial charge in [0.05, 0.1) is 39.3 Å². The molecule has 1 aromatic rings. The highest BCUT2D eigenvalue weighted by molar-refractivity contribution is 6.04. The second-order valence-electron chi connectivity index (χ2n) is 8.18. The number of ketones is 1. The first-order chi connectivity index (χ1) is 16.1. The fraction of sp³-hybridized carbons (Fsp3) is 0.536. The highest BCUT2D eigenvalue weighted by Crippen LogP contribution is 2.32. The maximum Gasteiger partial charge on any atom is 0.185 e. The van der Waals surface area contributed by atoms with E-state index < -0.39 is 0 Å². The third-order valence-electron chi connectivity index (χ3n) is 5.41. The number of methoxy groups -OCH3 is 1. The molecule has 33 heavy (non-hydrogen) atoms. The van der Waals surface area contributed by atoms with Crippen molar-refractivity contribution in [2.75, 3.05) is 26.9 Å². The number of carbonyl (C=O) groups is 1. The Balaban J connectivity index is 2.18. The van der Waals surface area contributed by atoms with E-state index in [1.807, 2.05) is 30.4 Å². The predicted octanol–water partition coefficient (Wildman–Crippen LogP) is 7.00. The van der Waals surface area contributed by atoms with Gasteiger partial charge in [-0.3, -0.25) is 4.79 Å². The van der Waals surface area contributed by atoms with Crippen molar-refractivity contribution < 1.29 is 23.7 Å². The van der Waals surface area contributed by atoms with Gasteiger partial charge in [-0.15, -0.1) is 0 Å². The van der Waals surface area contributed by atoms with Gasteiger partial charge in [-0.25, -0.2) is 0 Å². The Bertz CT molecular complexity index is 821. The number of rotatable bonds is 16. The van der Waals surface area contributed by atoms with E-state index in [0.717, 1.165) is 61.6 Å². The monoisotopic (exact) mass is 456 g/mol. The Morgan fingerprint density at radius 2 is 1.64 bits per heavy atom. The van der Waals surface area contributed by atoms with Crippen molar-refractivity contribution in [2.24, 2.45) is 5.92 Å². The van der Waals surface area contributed by atoms with Gasteiger partial charge in [0, 0.05) is 5.56 Å². The van der Waals surface area contributed by atoms with Crippen molar-refractivity contribution in [1.82, 2.24) is 0 Å². The smallest absolute Gasteiger partial charge is 0.185 e. The molecule has 0 N–H and O–H groups in total. The van der Waals surface area contributed by atoms with E-state index in [9.17, 15) is 4.79 Å². The van der Waals surface area contributed by atoms with Gasteiger partial charge in [0.1, 0.15) is 23.0 Å². The van der Waals surface area contributed by atoms with Crippen molar-refractivity contribution in [3.63, 3.8) is 0 Å². The second kappa shape index (κ2) is 15.2. The Kier molecular flexibility index (Phi) is 12.2. The summed E-state index contributed by atoms with van der Waals surface area (Å²) in [5.74, 6) is 2.81. The molecule has 0 radical (unpaired) electrons. The molecule has 1 aromatic carbocycles. The van der Waals surface area contributed by atoms with Gasteiger partial charge in [-0.2, -0.15) is 0 Å². The molecule has 1 unspecified atom stereocenters. The number of unbranched alkanes of at least 4 members (excludes halogenated alkanes) is 3. The van der Waals surface area contributed by atoms with Gasteiger partial charge in [0.15, 0.2) is 5.78 Å². The molecule has 182 valence electrons. The normalized spacial score (nSPS) is 16.0. The van der Waals surface area contributed by atoms with Crippen LogP contribution in [-0.2, 0) is 14.2 Å². The number of hydrogen-bond acceptors (Lipinski definition) is 5. The molecule has 0 heterocycles. The van der Waals surface area contributed by atoms with Gasteiger partial charge < -0.3 is 18.9 Å². The first-order valence-electron chi connectivity index (χ1n) is 12.3. The Morgan fingerprint density at radius 1 is 0.970 bits per heavy atom. The Morgan fingerprint density at radius 3 is 2.30 bits per heavy atom. The number of ether oxygens (including phenoxy) is 4. The van der Waals surface area contributed by atoms with Gasteiger partial charge in [-0.05, 0) is 43.5 Å². The highest BCUT2D eigenvalue weighted by atomic mass is 16.5. The quantitative estimate of drug-likeness (QED) is 0.152. The summed E-state index contributed by atoms with van der Waals surface area (Å²) in [5.41, 5.74) is 0.601. The molecular weight excluding hydrogens is 416 g/mol. The van der Waals surface area contributed by atoms with Gasteiger partial charge >= 0.3 is 0 Å². The zero-order valence-corrected chi connectivity index (χ0v) is 20.7. The lowest BCUT2D eigenvalue weighted by Crippen LogP contribution is -2.16. The molecule has 1 aliphatic carbocycles. The van der Waals surface area contributed by atoms with E-state index >= 15 is 0 Å². The molecule has 0 bridgehead atoms. The van der Waals surface area contributed by atoms with Gasteiger partial charge in [0.25, 0.3) is 0 Å². The fourth-order valence-electron chi connectivity index (χ4n) is 3.39. The number of carbonyl (C=O) groups excluding carboxylic acids is 1. The Hall–Kier alpha value is -2.69. The standard InChI is InChI=1S/C28H40O5/c1-5-8-16-31-24-13-11-12-22(19-24)26(29)15-14-23-20-25(32-17-9-6-2)21-27(30-4)28(23)33-18-10-7-3/h11-15,19-20,23H,5-10,16-18,21H2,1-4H3/b15-14+. The van der Waals surface area contributed by atoms with E-state index in [2.05, 4.69) is 20.8 Å². The van der Waals surface area contributed by atoms with Gasteiger partial charge in [-0.1, -0.05) is 58.2 Å². The average Bonchev–Trinajstić information content (AvgIpc) is 2.83. The lowest BCUT2D eigenvalue weighted by atomic mass is 9.96. The summed E-state index contributed by atoms with van der Waals surface area (Å²) < 4.78 is 23.5. The van der Waals surface area contributed by atoms with Crippen molar-refractivity contribution >= 4 is 5.78 Å². The molecule has 5 nitrogen and oxygen atoms in total. The molecule has 0 saturated heterocycles. The van der Waals surface area contributed by atoms with Crippen LogP contribution in [0.3, 0.4) is 0 Å². The molecule has 0 saturated carbocycles. The third-order valence-corrected chi connectivity index (χ3v) is 5.41. The molecule has 0 aliphatic heterocycles. The summed E-state index contributed by atoms with van der Waals surface area (Å²) in [7, 11) is 1.66. The summed E-state index contributed by atoms with van der Waals surface area (Å²) in [4.78, 5) is 12.9. The van der Waals surface area contributed by atoms with E-state index in [1.54, 1.807) is 19.3 Å². The van der Waals surface area contributed by atoms with Gasteiger partial charge in [0.2, 0.25) is 0 Å². The maximum absolute atomic E-state index is 12.9. The second-order valence-corrected chi connectivity index (χ2v) is 8.18. The SMILES string of the molecule is CCCCOC1=CC(/C=C/C(=O)c2cccc(OCCCC)c2)C(OCCCC)=C(OC)C1. The summed E-state index contributed by atoms with van der Waals surface area (Å²) in [5, 5.41) is 0. The van der Waals surface area contributed by atoms with Crippen LogP contribution in [0.2, 0.25) is 0 Å². The third kappa shape index (κ3) is 8.99. The molecule has 0 fully saturated rings. The van der Waals surface area contributed by atoms with Crippen LogP contribution in [0.5, 0.6) is 5.75 Å². The summed E-state index contributed by atoms with van der Waals surface area (Å²) in [6.45, 7) is 8.34. The van der Waals surface area contributed by atoms with Crippen LogP contribution in [-0.4, -0.2) is 32.7 Å². The molecule has 0 amide bonds. The number of benzene rings is 1. The van der Waals surface area contributed by atoms with Crippen molar-refractivity contribution in [3.8, 4) is 5.75 Å². The van der Waals surface area contributed by atoms with Crippen LogP contribution in [0.4, 0.5) is 0 Å². The van der Waals surface area contributed by atoms with E-state index in [-0.39, 0.29) is 11.7 Å². The average molecular weight is 457 g/mol. The van der Waals surface area contributed by atoms with Crippen LogP contribution in [0.25, 0.3) is 0 Å². The van der Waals surface area contributed by atoms with E-state index in [1.165, 1.54) is 0 Å². The zero-order valence-electron chi connectivity index (χ0n) is 20.7. The molecule has 1 atom stereocenters. The first-order valence-corrected chi connectivity index (χ1v) is 12.3.